The van der Waals surface area contributed by atoms with Crippen molar-refractivity contribution >= 4 is 92.7 Å². The van der Waals surface area contributed by atoms with Crippen molar-refractivity contribution in [2.24, 2.45) is 0 Å². The molecule has 0 atom stereocenters. The molecular formula is C66H59N7O11. The van der Waals surface area contributed by atoms with Gasteiger partial charge in [-0.3, -0.25) is 52.8 Å². The number of nitrogens with zero attached hydrogens (tertiary/aromatic N) is 6. The number of anilines is 6. The summed E-state index contributed by atoms with van der Waals surface area (Å²) in [6.45, 7) is 14.4. The third-order valence-electron chi connectivity index (χ3n) is 13.4. The smallest absolute Gasteiger partial charge is 0.258 e. The first kappa shape index (κ1) is 60.5. The molecule has 0 spiro atoms. The highest BCUT2D eigenvalue weighted by molar-refractivity contribution is 6.29. The molecule has 0 aromatic heterocycles. The highest BCUT2D eigenvalue weighted by Crippen LogP contribution is 2.25. The van der Waals surface area contributed by atoms with E-state index >= 15 is 0 Å². The van der Waals surface area contributed by atoms with Gasteiger partial charge < -0.3 is 24.8 Å². The summed E-state index contributed by atoms with van der Waals surface area (Å²) >= 11 is 0. The van der Waals surface area contributed by atoms with E-state index in [4.69, 9.17) is 4.74 Å². The number of allylic oxidation sites excluding steroid dienone is 1. The molecule has 0 unspecified atom stereocenters. The lowest BCUT2D eigenvalue weighted by Gasteiger charge is -2.20. The lowest BCUT2D eigenvalue weighted by molar-refractivity contribution is -0.136. The quantitative estimate of drug-likeness (QED) is 0.0168. The number of amides is 6. The summed E-state index contributed by atoms with van der Waals surface area (Å²) < 4.78 is 5.43. The van der Waals surface area contributed by atoms with Crippen LogP contribution in [0.1, 0.15) is 54.7 Å². The Kier molecular flexibility index (Phi) is 20.0. The third-order valence-corrected chi connectivity index (χ3v) is 13.4. The average molecular weight is 1130 g/mol. The Bertz CT molecular complexity index is 3500. The lowest BCUT2D eigenvalue weighted by Crippen LogP contribution is -2.34. The van der Waals surface area contributed by atoms with Gasteiger partial charge in [0.1, 0.15) is 5.76 Å². The molecular weight excluding hydrogens is 1070 g/mol. The van der Waals surface area contributed by atoms with E-state index in [1.807, 2.05) is 79.5 Å². The summed E-state index contributed by atoms with van der Waals surface area (Å²) in [7, 11) is 5.71. The van der Waals surface area contributed by atoms with Crippen LogP contribution in [0.2, 0.25) is 0 Å². The fourth-order valence-electron chi connectivity index (χ4n) is 8.32. The van der Waals surface area contributed by atoms with Crippen molar-refractivity contribution in [2.45, 2.75) is 6.92 Å². The van der Waals surface area contributed by atoms with E-state index < -0.39 is 23.6 Å². The second-order valence-electron chi connectivity index (χ2n) is 18.9. The van der Waals surface area contributed by atoms with Crippen LogP contribution in [0.5, 0.6) is 0 Å². The molecule has 424 valence electrons. The summed E-state index contributed by atoms with van der Waals surface area (Å²) in [5.74, 6) is -2.34. The molecule has 3 heterocycles. The van der Waals surface area contributed by atoms with Crippen LogP contribution < -0.4 is 29.8 Å². The van der Waals surface area contributed by atoms with Gasteiger partial charge in [0, 0.05) is 120 Å². The summed E-state index contributed by atoms with van der Waals surface area (Å²) in [5.41, 5.74) is 7.46. The minimum Gasteiger partial charge on any atom is -0.474 e. The van der Waals surface area contributed by atoms with Crippen LogP contribution in [-0.2, 0) is 38.3 Å². The van der Waals surface area contributed by atoms with E-state index in [-0.39, 0.29) is 48.2 Å². The number of carbonyl (C=O) groups is 10. The van der Waals surface area contributed by atoms with Crippen LogP contribution in [-0.4, -0.2) is 111 Å². The summed E-state index contributed by atoms with van der Waals surface area (Å²) in [6.07, 6.45) is 10.1. The molecule has 0 bridgehead atoms. The van der Waals surface area contributed by atoms with Gasteiger partial charge in [0.15, 0.2) is 29.9 Å². The largest absolute Gasteiger partial charge is 0.474 e. The number of hydrogen-bond donors (Lipinski definition) is 1. The van der Waals surface area contributed by atoms with Crippen LogP contribution in [0.3, 0.4) is 0 Å². The van der Waals surface area contributed by atoms with Crippen LogP contribution in [0.25, 0.3) is 0 Å². The Morgan fingerprint density at radius 1 is 0.452 bits per heavy atom. The molecule has 3 aliphatic heterocycles. The Morgan fingerprint density at radius 3 is 1.12 bits per heavy atom. The summed E-state index contributed by atoms with van der Waals surface area (Å²) in [5, 5.41) is 3.01. The topological polar surface area (TPSA) is 211 Å². The molecule has 18 heteroatoms. The normalized spacial score (nSPS) is 13.0. The Hall–Kier alpha value is -11.1. The molecule has 0 aliphatic carbocycles. The number of rotatable bonds is 22. The van der Waals surface area contributed by atoms with Gasteiger partial charge in [-0.2, -0.15) is 0 Å². The molecule has 6 aromatic carbocycles. The van der Waals surface area contributed by atoms with Gasteiger partial charge in [0.25, 0.3) is 35.4 Å². The fraction of sp³-hybridized carbons (Fsp3) is 0.121. The number of imide groups is 3. The number of nitrogens with one attached hydrogen (secondary N) is 1. The standard InChI is InChI=1S/C24H26N2O3.C21H21N3O3.C21H12N2O5/c1-6-18(3)29-17-26(5)22-14-10-20(11-15-22)24(28)19-8-12-21(13-9-19)25(4)16-23(27)7-2;1-3-23(2)18-10-6-16(7-11-18)21(27)15-4-8-17(9-5-15)22-14-24-19(25)12-13-20(24)26;24-17-9-10-18(25)22(17)15-5-1-13(2-6-15)21(28)14-3-7-16(8-4-14)23-19(26)11-12-20(23)27/h6-15H,1-3,16-17H2,4-5H3;4-13,22H,3,14H2,1-2H3;1-12H. The molecule has 0 fully saturated rings. The maximum atomic E-state index is 12.7. The SMILES string of the molecule is C=CC(=C)OCN(C)c1ccc(C(=O)c2ccc(N(C)CC(=O)C=C)cc2)cc1.CCN(C)c1ccc(C(=O)c2ccc(NCN3C(=O)C=CC3=O)cc2)cc1.O=C(c1ccc(N2C(=O)C=CC2=O)cc1)c1ccc(N2C(=O)C=CC2=O)cc1. The Labute approximate surface area is 485 Å². The minimum absolute atomic E-state index is 0.0543. The first-order valence-electron chi connectivity index (χ1n) is 26.2. The first-order chi connectivity index (χ1) is 40.3. The molecule has 0 saturated heterocycles. The fourth-order valence-corrected chi connectivity index (χ4v) is 8.32. The maximum absolute atomic E-state index is 12.7. The second kappa shape index (κ2) is 27.8. The number of ether oxygens (including phenoxy) is 1. The van der Waals surface area contributed by atoms with Gasteiger partial charge in [-0.1, -0.05) is 19.7 Å². The molecule has 0 saturated carbocycles. The predicted molar refractivity (Wildman–Crippen MR) is 323 cm³/mol. The zero-order valence-electron chi connectivity index (χ0n) is 46.6. The molecule has 6 amide bonds. The predicted octanol–water partition coefficient (Wildman–Crippen LogP) is 8.66. The van der Waals surface area contributed by atoms with Gasteiger partial charge in [0.2, 0.25) is 0 Å². The Balaban J connectivity index is 0.000000181. The third kappa shape index (κ3) is 15.0. The second-order valence-corrected chi connectivity index (χ2v) is 18.9. The van der Waals surface area contributed by atoms with Crippen LogP contribution in [0.15, 0.2) is 220 Å². The lowest BCUT2D eigenvalue weighted by atomic mass is 10.0. The van der Waals surface area contributed by atoms with Gasteiger partial charge in [-0.25, -0.2) is 9.80 Å². The Morgan fingerprint density at radius 2 is 0.774 bits per heavy atom. The van der Waals surface area contributed by atoms with E-state index in [2.05, 4.69) is 36.9 Å². The van der Waals surface area contributed by atoms with E-state index in [9.17, 15) is 47.9 Å². The first-order valence-corrected chi connectivity index (χ1v) is 26.2. The zero-order valence-corrected chi connectivity index (χ0v) is 46.6. The molecule has 84 heavy (non-hydrogen) atoms. The van der Waals surface area contributed by atoms with Crippen molar-refractivity contribution in [1.82, 2.24) is 4.90 Å². The van der Waals surface area contributed by atoms with Gasteiger partial charge in [-0.05, 0) is 165 Å². The van der Waals surface area contributed by atoms with Crippen LogP contribution in [0, 0.1) is 0 Å². The molecule has 1 N–H and O–H groups in total. The highest BCUT2D eigenvalue weighted by Gasteiger charge is 2.27. The molecule has 18 nitrogen and oxygen atoms in total. The molecule has 9 rings (SSSR count). The number of hydrogen-bond acceptors (Lipinski definition) is 15. The number of ketones is 4. The van der Waals surface area contributed by atoms with E-state index in [1.165, 1.54) is 91.1 Å². The number of benzene rings is 6. The minimum atomic E-state index is -0.430. The average Bonchev–Trinajstić information content (AvgIpc) is 3.31. The van der Waals surface area contributed by atoms with E-state index in [0.717, 1.165) is 44.0 Å². The van der Waals surface area contributed by atoms with E-state index in [0.29, 0.717) is 57.2 Å². The molecule has 6 aromatic rings. The summed E-state index contributed by atoms with van der Waals surface area (Å²) in [4.78, 5) is 128. The zero-order chi connectivity index (χ0) is 60.6. The maximum Gasteiger partial charge on any atom is 0.258 e. The van der Waals surface area contributed by atoms with Gasteiger partial charge in [-0.15, -0.1) is 0 Å². The van der Waals surface area contributed by atoms with Crippen molar-refractivity contribution in [2.75, 3.05) is 77.4 Å². The van der Waals surface area contributed by atoms with Crippen molar-refractivity contribution in [3.63, 3.8) is 0 Å². The monoisotopic (exact) mass is 1130 g/mol. The summed E-state index contributed by atoms with van der Waals surface area (Å²) in [6, 6.07) is 41.2. The van der Waals surface area contributed by atoms with Crippen molar-refractivity contribution in [3.05, 3.63) is 253 Å². The van der Waals surface area contributed by atoms with Crippen LogP contribution >= 0.6 is 0 Å². The highest BCUT2D eigenvalue weighted by atomic mass is 16.5. The molecule has 3 aliphatic rings. The van der Waals surface area contributed by atoms with Crippen LogP contribution in [0.4, 0.5) is 34.1 Å². The molecule has 0 radical (unpaired) electrons. The van der Waals surface area contributed by atoms with E-state index in [1.54, 1.807) is 54.6 Å². The number of likely N-dealkylation sites (N-methyl/N-ethyl adjacent to an activating group) is 1. The van der Waals surface area contributed by atoms with Gasteiger partial charge in [0.05, 0.1) is 24.6 Å². The van der Waals surface area contributed by atoms with Crippen molar-refractivity contribution < 1.29 is 52.7 Å². The van der Waals surface area contributed by atoms with Crippen molar-refractivity contribution in [1.29, 1.82) is 0 Å². The van der Waals surface area contributed by atoms with Crippen molar-refractivity contribution in [3.8, 4) is 0 Å². The van der Waals surface area contributed by atoms with Gasteiger partial charge >= 0.3 is 0 Å². The number of carbonyl (C=O) groups excluding carboxylic acids is 10.